The Bertz CT molecular complexity index is 469. The van der Waals surface area contributed by atoms with Crippen LogP contribution in [0.25, 0.3) is 0 Å². The van der Waals surface area contributed by atoms with Crippen molar-refractivity contribution in [2.45, 2.75) is 24.8 Å². The Balaban J connectivity index is 2.73. The second-order valence-corrected chi connectivity index (χ2v) is 6.20. The molecule has 1 atom stereocenters. The van der Waals surface area contributed by atoms with Gasteiger partial charge in [0.25, 0.3) is 0 Å². The third kappa shape index (κ3) is 3.97. The number of hydrogen-bond donors (Lipinski definition) is 2. The van der Waals surface area contributed by atoms with Crippen LogP contribution in [0.1, 0.15) is 13.8 Å². The number of hydrogen-bond acceptors (Lipinski definition) is 4. The van der Waals surface area contributed by atoms with Crippen molar-refractivity contribution < 1.29 is 13.2 Å². The molecule has 0 heterocycles. The Labute approximate surface area is 108 Å². The molecule has 0 saturated heterocycles. The van der Waals surface area contributed by atoms with Crippen molar-refractivity contribution in [1.29, 1.82) is 0 Å². The van der Waals surface area contributed by atoms with Crippen molar-refractivity contribution in [2.24, 2.45) is 11.7 Å². The van der Waals surface area contributed by atoms with Crippen molar-refractivity contribution >= 4 is 10.0 Å². The molecule has 3 N–H and O–H groups in total. The average Bonchev–Trinajstić information content (AvgIpc) is 2.36. The Morgan fingerprint density at radius 3 is 2.28 bits per heavy atom. The minimum absolute atomic E-state index is 0.196. The van der Waals surface area contributed by atoms with Crippen LogP contribution in [0, 0.1) is 5.92 Å². The van der Waals surface area contributed by atoms with E-state index in [2.05, 4.69) is 4.72 Å². The highest BCUT2D eigenvalue weighted by Gasteiger charge is 2.16. The summed E-state index contributed by atoms with van der Waals surface area (Å²) in [5.74, 6) is 0.844. The van der Waals surface area contributed by atoms with E-state index in [0.29, 0.717) is 5.75 Å². The minimum Gasteiger partial charge on any atom is -0.497 e. The third-order valence-corrected chi connectivity index (χ3v) is 4.17. The zero-order valence-corrected chi connectivity index (χ0v) is 11.7. The highest BCUT2D eigenvalue weighted by Crippen LogP contribution is 2.15. The molecule has 1 rings (SSSR count). The summed E-state index contributed by atoms with van der Waals surface area (Å²) in [4.78, 5) is 0.208. The first-order valence-electron chi connectivity index (χ1n) is 5.76. The average molecular weight is 272 g/mol. The maximum atomic E-state index is 12.0. The first-order valence-corrected chi connectivity index (χ1v) is 7.24. The van der Waals surface area contributed by atoms with Gasteiger partial charge in [-0.25, -0.2) is 13.1 Å². The first-order chi connectivity index (χ1) is 8.36. The molecular formula is C12H20N2O3S. The normalized spacial score (nSPS) is 13.6. The van der Waals surface area contributed by atoms with Crippen LogP contribution in [-0.2, 0) is 10.0 Å². The van der Waals surface area contributed by atoms with Crippen LogP contribution in [0.5, 0.6) is 5.75 Å². The van der Waals surface area contributed by atoms with Crippen molar-refractivity contribution in [1.82, 2.24) is 4.72 Å². The molecule has 1 unspecified atom stereocenters. The zero-order chi connectivity index (χ0) is 13.8. The monoisotopic (exact) mass is 272 g/mol. The molecule has 1 aromatic rings. The molecule has 0 bridgehead atoms. The molecule has 1 aromatic carbocycles. The number of benzene rings is 1. The highest BCUT2D eigenvalue weighted by atomic mass is 32.2. The lowest BCUT2D eigenvalue weighted by Crippen LogP contribution is -2.40. The molecule has 0 saturated carbocycles. The fraction of sp³-hybridized carbons (Fsp3) is 0.500. The van der Waals surface area contributed by atoms with Gasteiger partial charge >= 0.3 is 0 Å². The van der Waals surface area contributed by atoms with Crippen LogP contribution in [-0.4, -0.2) is 28.1 Å². The fourth-order valence-electron chi connectivity index (χ4n) is 1.28. The summed E-state index contributed by atoms with van der Waals surface area (Å²) in [6, 6.07) is 6.02. The maximum Gasteiger partial charge on any atom is 0.240 e. The second kappa shape index (κ2) is 6.17. The first kappa shape index (κ1) is 14.9. The highest BCUT2D eigenvalue weighted by molar-refractivity contribution is 7.89. The van der Waals surface area contributed by atoms with Gasteiger partial charge in [0.05, 0.1) is 12.0 Å². The van der Waals surface area contributed by atoms with Crippen LogP contribution in [0.4, 0.5) is 0 Å². The molecule has 0 aliphatic carbocycles. The van der Waals surface area contributed by atoms with Crippen LogP contribution < -0.4 is 15.2 Å². The van der Waals surface area contributed by atoms with Crippen LogP contribution in [0.2, 0.25) is 0 Å². The Morgan fingerprint density at radius 1 is 1.28 bits per heavy atom. The van der Waals surface area contributed by atoms with Crippen molar-refractivity contribution in [3.05, 3.63) is 24.3 Å². The lowest BCUT2D eigenvalue weighted by molar-refractivity contribution is 0.414. The molecule has 18 heavy (non-hydrogen) atoms. The molecule has 0 aromatic heterocycles. The number of methoxy groups -OCH3 is 1. The molecule has 0 radical (unpaired) electrons. The van der Waals surface area contributed by atoms with E-state index < -0.39 is 10.0 Å². The van der Waals surface area contributed by atoms with Gasteiger partial charge in [-0.1, -0.05) is 13.8 Å². The van der Waals surface area contributed by atoms with E-state index in [1.165, 1.54) is 19.2 Å². The minimum atomic E-state index is -3.50. The summed E-state index contributed by atoms with van der Waals surface area (Å²) in [6.07, 6.45) is 0. The van der Waals surface area contributed by atoms with Crippen LogP contribution >= 0.6 is 0 Å². The van der Waals surface area contributed by atoms with Gasteiger partial charge in [-0.05, 0) is 30.2 Å². The predicted octanol–water partition coefficient (Wildman–Crippen LogP) is 0.957. The molecule has 0 spiro atoms. The van der Waals surface area contributed by atoms with E-state index in [1.54, 1.807) is 12.1 Å². The number of sulfonamides is 1. The van der Waals surface area contributed by atoms with E-state index >= 15 is 0 Å². The molecule has 102 valence electrons. The lowest BCUT2D eigenvalue weighted by Gasteiger charge is -2.16. The second-order valence-electron chi connectivity index (χ2n) is 4.44. The predicted molar refractivity (Wildman–Crippen MR) is 71.0 cm³/mol. The van der Waals surface area contributed by atoms with Crippen molar-refractivity contribution in [2.75, 3.05) is 13.7 Å². The Kier molecular flexibility index (Phi) is 5.13. The molecule has 0 aliphatic heterocycles. The van der Waals surface area contributed by atoms with Crippen LogP contribution in [0.15, 0.2) is 29.2 Å². The topological polar surface area (TPSA) is 81.4 Å². The molecule has 0 amide bonds. The van der Waals surface area contributed by atoms with Gasteiger partial charge < -0.3 is 10.5 Å². The molecule has 0 aliphatic rings. The van der Waals surface area contributed by atoms with Crippen molar-refractivity contribution in [3.8, 4) is 5.75 Å². The van der Waals surface area contributed by atoms with E-state index in [4.69, 9.17) is 10.5 Å². The number of nitrogens with two attached hydrogens (primary N) is 1. The summed E-state index contributed by atoms with van der Waals surface area (Å²) in [7, 11) is -1.97. The Morgan fingerprint density at radius 2 is 1.83 bits per heavy atom. The van der Waals surface area contributed by atoms with Crippen molar-refractivity contribution in [3.63, 3.8) is 0 Å². The summed E-state index contributed by atoms with van der Waals surface area (Å²) in [5.41, 5.74) is 5.80. The fourth-order valence-corrected chi connectivity index (χ4v) is 2.35. The van der Waals surface area contributed by atoms with Crippen LogP contribution in [0.3, 0.4) is 0 Å². The smallest absolute Gasteiger partial charge is 0.240 e. The maximum absolute atomic E-state index is 12.0. The van der Waals surface area contributed by atoms with E-state index in [0.717, 1.165) is 0 Å². The summed E-state index contributed by atoms with van der Waals surface area (Å²) < 4.78 is 31.4. The van der Waals surface area contributed by atoms with Gasteiger partial charge in [0.2, 0.25) is 10.0 Å². The lowest BCUT2D eigenvalue weighted by atomic mass is 10.1. The molecule has 0 fully saturated rings. The van der Waals surface area contributed by atoms with Gasteiger partial charge in [0.15, 0.2) is 0 Å². The van der Waals surface area contributed by atoms with Gasteiger partial charge in [0.1, 0.15) is 5.75 Å². The van der Waals surface area contributed by atoms with Gasteiger partial charge in [-0.15, -0.1) is 0 Å². The molecule has 6 heteroatoms. The number of nitrogens with one attached hydrogen (secondary N) is 1. The SMILES string of the molecule is COc1ccc(S(=O)(=O)NCC(N)C(C)C)cc1. The zero-order valence-electron chi connectivity index (χ0n) is 10.9. The standard InChI is InChI=1S/C12H20N2O3S/c1-9(2)12(13)8-14-18(15,16)11-6-4-10(17-3)5-7-11/h4-7,9,12,14H,8,13H2,1-3H3. The summed E-state index contributed by atoms with van der Waals surface area (Å²) in [5, 5.41) is 0. The number of ether oxygens (including phenoxy) is 1. The molecule has 5 nitrogen and oxygen atoms in total. The summed E-state index contributed by atoms with van der Waals surface area (Å²) in [6.45, 7) is 4.13. The third-order valence-electron chi connectivity index (χ3n) is 2.74. The largest absolute Gasteiger partial charge is 0.497 e. The van der Waals surface area contributed by atoms with Gasteiger partial charge in [-0.2, -0.15) is 0 Å². The quantitative estimate of drug-likeness (QED) is 0.808. The summed E-state index contributed by atoms with van der Waals surface area (Å²) >= 11 is 0. The Hall–Kier alpha value is -1.11. The molecular weight excluding hydrogens is 252 g/mol. The van der Waals surface area contributed by atoms with Gasteiger partial charge in [0, 0.05) is 12.6 Å². The van der Waals surface area contributed by atoms with E-state index in [-0.39, 0.29) is 23.4 Å². The van der Waals surface area contributed by atoms with Gasteiger partial charge in [-0.3, -0.25) is 0 Å². The van der Waals surface area contributed by atoms with E-state index in [9.17, 15) is 8.42 Å². The number of rotatable bonds is 6. The van der Waals surface area contributed by atoms with E-state index in [1.807, 2.05) is 13.8 Å².